The number of urea groups is 1. The summed E-state index contributed by atoms with van der Waals surface area (Å²) in [6.45, 7) is 3.68. The predicted octanol–water partition coefficient (Wildman–Crippen LogP) is 2.22. The number of nitrogens with one attached hydrogen (secondary N) is 1. The van der Waals surface area contributed by atoms with Crippen LogP contribution in [0.1, 0.15) is 5.56 Å². The Morgan fingerprint density at radius 2 is 1.80 bits per heavy atom. The highest BCUT2D eigenvalue weighted by molar-refractivity contribution is 5.96. The van der Waals surface area contributed by atoms with Crippen LogP contribution in [0.4, 0.5) is 20.6 Å². The van der Waals surface area contributed by atoms with Gasteiger partial charge in [-0.3, -0.25) is 9.69 Å². The van der Waals surface area contributed by atoms with E-state index < -0.39 is 0 Å². The number of morpholine rings is 1. The van der Waals surface area contributed by atoms with E-state index in [4.69, 9.17) is 4.74 Å². The Morgan fingerprint density at radius 1 is 1.03 bits per heavy atom. The largest absolute Gasteiger partial charge is 0.378 e. The summed E-state index contributed by atoms with van der Waals surface area (Å²) in [5.41, 5.74) is 2.02. The zero-order chi connectivity index (χ0) is 20.9. The molecule has 0 bridgehead atoms. The number of carbonyl (C=O) groups is 2. The summed E-state index contributed by atoms with van der Waals surface area (Å²) >= 11 is 0. The normalized spacial score (nSPS) is 16.8. The third-order valence-electron chi connectivity index (χ3n) is 5.36. The highest BCUT2D eigenvalue weighted by Gasteiger charge is 2.31. The van der Waals surface area contributed by atoms with Crippen LogP contribution in [0.5, 0.6) is 0 Å². The van der Waals surface area contributed by atoms with Crippen LogP contribution in [-0.2, 0) is 16.1 Å². The molecule has 0 spiro atoms. The minimum Gasteiger partial charge on any atom is -0.378 e. The zero-order valence-electron chi connectivity index (χ0n) is 16.7. The molecule has 7 nitrogen and oxygen atoms in total. The lowest BCUT2D eigenvalue weighted by atomic mass is 10.2. The molecule has 0 atom stereocenters. The average Bonchev–Trinajstić information content (AvgIpc) is 3.13. The number of halogens is 1. The van der Waals surface area contributed by atoms with E-state index in [2.05, 4.69) is 5.32 Å². The molecule has 2 heterocycles. The fourth-order valence-electron chi connectivity index (χ4n) is 3.72. The van der Waals surface area contributed by atoms with E-state index in [-0.39, 0.29) is 24.3 Å². The van der Waals surface area contributed by atoms with Gasteiger partial charge in [0.2, 0.25) is 5.91 Å². The van der Waals surface area contributed by atoms with Crippen molar-refractivity contribution >= 4 is 23.3 Å². The van der Waals surface area contributed by atoms with Crippen LogP contribution in [0.3, 0.4) is 0 Å². The second-order valence-electron chi connectivity index (χ2n) is 7.35. The van der Waals surface area contributed by atoms with E-state index in [9.17, 15) is 14.0 Å². The number of anilines is 2. The topological polar surface area (TPSA) is 65.1 Å². The van der Waals surface area contributed by atoms with Gasteiger partial charge in [0.1, 0.15) is 12.4 Å². The molecule has 4 rings (SSSR count). The van der Waals surface area contributed by atoms with Crippen LogP contribution in [0.15, 0.2) is 48.5 Å². The van der Waals surface area contributed by atoms with Crippen molar-refractivity contribution in [3.8, 4) is 0 Å². The zero-order valence-corrected chi connectivity index (χ0v) is 16.7. The molecule has 2 fully saturated rings. The summed E-state index contributed by atoms with van der Waals surface area (Å²) in [5.74, 6) is -0.579. The molecule has 8 heteroatoms. The van der Waals surface area contributed by atoms with Crippen LogP contribution in [-0.4, -0.2) is 62.8 Å². The smallest absolute Gasteiger partial charge is 0.325 e. The molecule has 0 saturated carbocycles. The lowest BCUT2D eigenvalue weighted by Crippen LogP contribution is -2.39. The van der Waals surface area contributed by atoms with Gasteiger partial charge in [-0.25, -0.2) is 9.18 Å². The van der Waals surface area contributed by atoms with Crippen molar-refractivity contribution in [2.75, 3.05) is 55.7 Å². The molecule has 158 valence electrons. The fourth-order valence-corrected chi connectivity index (χ4v) is 3.72. The van der Waals surface area contributed by atoms with E-state index in [1.54, 1.807) is 12.1 Å². The Kier molecular flexibility index (Phi) is 6.13. The van der Waals surface area contributed by atoms with E-state index in [1.807, 2.05) is 35.2 Å². The summed E-state index contributed by atoms with van der Waals surface area (Å²) in [4.78, 5) is 29.9. The molecule has 2 aliphatic heterocycles. The van der Waals surface area contributed by atoms with Crippen molar-refractivity contribution in [3.05, 3.63) is 59.9 Å². The molecule has 2 aromatic rings. The van der Waals surface area contributed by atoms with E-state index >= 15 is 0 Å². The summed E-state index contributed by atoms with van der Waals surface area (Å²) in [6, 6.07) is 14.2. The maximum Gasteiger partial charge on any atom is 0.325 e. The van der Waals surface area contributed by atoms with Gasteiger partial charge in [0.05, 0.1) is 18.9 Å². The molecule has 0 radical (unpaired) electrons. The van der Waals surface area contributed by atoms with Crippen LogP contribution < -0.4 is 15.1 Å². The number of rotatable bonds is 6. The van der Waals surface area contributed by atoms with E-state index in [0.29, 0.717) is 57.3 Å². The average molecular weight is 412 g/mol. The third-order valence-corrected chi connectivity index (χ3v) is 5.36. The minimum absolute atomic E-state index is 0.0174. The first-order chi connectivity index (χ1) is 14.6. The summed E-state index contributed by atoms with van der Waals surface area (Å²) in [5, 5.41) is 2.83. The van der Waals surface area contributed by atoms with Gasteiger partial charge >= 0.3 is 6.03 Å². The van der Waals surface area contributed by atoms with Gasteiger partial charge in [0, 0.05) is 38.4 Å². The molecule has 3 amide bonds. The Labute approximate surface area is 175 Å². The van der Waals surface area contributed by atoms with Crippen LogP contribution in [0.2, 0.25) is 0 Å². The molecular weight excluding hydrogens is 387 g/mol. The van der Waals surface area contributed by atoms with Crippen LogP contribution >= 0.6 is 0 Å². The van der Waals surface area contributed by atoms with Gasteiger partial charge in [-0.1, -0.05) is 30.3 Å². The first-order valence-corrected chi connectivity index (χ1v) is 10.1. The molecular formula is C22H25FN4O3. The summed E-state index contributed by atoms with van der Waals surface area (Å²) < 4.78 is 20.0. The van der Waals surface area contributed by atoms with Crippen molar-refractivity contribution in [2.24, 2.45) is 0 Å². The fraction of sp³-hybridized carbons (Fsp3) is 0.364. The Bertz CT molecular complexity index is 903. The number of carbonyl (C=O) groups excluding carboxylic acids is 2. The Balaban J connectivity index is 1.34. The van der Waals surface area contributed by atoms with Gasteiger partial charge in [-0.2, -0.15) is 0 Å². The molecule has 2 aliphatic rings. The first kappa shape index (κ1) is 20.2. The Hall–Kier alpha value is -3.13. The van der Waals surface area contributed by atoms with Gasteiger partial charge in [-0.05, 0) is 23.8 Å². The van der Waals surface area contributed by atoms with Gasteiger partial charge in [0.15, 0.2) is 0 Å². The van der Waals surface area contributed by atoms with Crippen molar-refractivity contribution in [2.45, 2.75) is 6.54 Å². The predicted molar refractivity (Wildman–Crippen MR) is 112 cm³/mol. The van der Waals surface area contributed by atoms with E-state index in [1.165, 1.54) is 15.9 Å². The van der Waals surface area contributed by atoms with Crippen LogP contribution in [0, 0.1) is 5.82 Å². The van der Waals surface area contributed by atoms with Crippen molar-refractivity contribution < 1.29 is 18.7 Å². The highest BCUT2D eigenvalue weighted by Crippen LogP contribution is 2.27. The van der Waals surface area contributed by atoms with Gasteiger partial charge < -0.3 is 19.9 Å². The lowest BCUT2D eigenvalue weighted by molar-refractivity contribution is -0.121. The maximum absolute atomic E-state index is 14.7. The molecule has 1 N–H and O–H groups in total. The third kappa shape index (κ3) is 4.54. The quantitative estimate of drug-likeness (QED) is 0.790. The van der Waals surface area contributed by atoms with Crippen molar-refractivity contribution in [1.82, 2.24) is 10.2 Å². The Morgan fingerprint density at radius 3 is 2.53 bits per heavy atom. The van der Waals surface area contributed by atoms with Gasteiger partial charge in [0.25, 0.3) is 0 Å². The standard InChI is InChI=1S/C22H25FN4O3/c23-19-14-18(6-7-20(19)25-10-12-30-13-11-25)27-9-8-26(22(27)29)16-21(28)24-15-17-4-2-1-3-5-17/h1-7,14H,8-13,15-16H2,(H,24,28). The maximum atomic E-state index is 14.7. The monoisotopic (exact) mass is 412 g/mol. The number of hydrogen-bond donors (Lipinski definition) is 1. The minimum atomic E-state index is -0.360. The second kappa shape index (κ2) is 9.13. The second-order valence-corrected chi connectivity index (χ2v) is 7.35. The number of hydrogen-bond acceptors (Lipinski definition) is 4. The SMILES string of the molecule is O=C(CN1CCN(c2ccc(N3CCOCC3)c(F)c2)C1=O)NCc1ccccc1. The number of benzene rings is 2. The first-order valence-electron chi connectivity index (χ1n) is 10.1. The molecule has 2 saturated heterocycles. The summed E-state index contributed by atoms with van der Waals surface area (Å²) in [7, 11) is 0. The summed E-state index contributed by atoms with van der Waals surface area (Å²) in [6.07, 6.45) is 0. The number of ether oxygens (including phenoxy) is 1. The molecule has 0 aromatic heterocycles. The highest BCUT2D eigenvalue weighted by atomic mass is 19.1. The molecule has 0 aliphatic carbocycles. The van der Waals surface area contributed by atoms with Crippen LogP contribution in [0.25, 0.3) is 0 Å². The molecule has 2 aromatic carbocycles. The number of nitrogens with zero attached hydrogens (tertiary/aromatic N) is 3. The number of amides is 3. The van der Waals surface area contributed by atoms with Gasteiger partial charge in [-0.15, -0.1) is 0 Å². The van der Waals surface area contributed by atoms with E-state index in [0.717, 1.165) is 5.56 Å². The van der Waals surface area contributed by atoms with Crippen molar-refractivity contribution in [1.29, 1.82) is 0 Å². The molecule has 30 heavy (non-hydrogen) atoms. The lowest BCUT2D eigenvalue weighted by Gasteiger charge is -2.29. The van der Waals surface area contributed by atoms with Crippen molar-refractivity contribution in [3.63, 3.8) is 0 Å². The molecule has 0 unspecified atom stereocenters.